The first-order valence-electron chi connectivity index (χ1n) is 8.94. The van der Waals surface area contributed by atoms with Crippen LogP contribution in [0.3, 0.4) is 0 Å². The van der Waals surface area contributed by atoms with Gasteiger partial charge in [-0.15, -0.1) is 0 Å². The summed E-state index contributed by atoms with van der Waals surface area (Å²) in [5, 5.41) is 12.4. The predicted octanol–water partition coefficient (Wildman–Crippen LogP) is 2.91. The zero-order valence-corrected chi connectivity index (χ0v) is 14.6. The molecule has 134 valence electrons. The summed E-state index contributed by atoms with van der Waals surface area (Å²) in [5.74, 6) is 0.244. The molecule has 0 amide bonds. The van der Waals surface area contributed by atoms with Crippen molar-refractivity contribution in [1.82, 2.24) is 9.80 Å². The highest BCUT2D eigenvalue weighted by atomic mass is 16.4. The first-order chi connectivity index (χ1) is 12.7. The molecular weight excluding hydrogens is 328 g/mol. The van der Waals surface area contributed by atoms with Gasteiger partial charge < -0.3 is 15.3 Å². The number of rotatable bonds is 3. The van der Waals surface area contributed by atoms with E-state index in [4.69, 9.17) is 10.1 Å². The van der Waals surface area contributed by atoms with Crippen LogP contribution < -0.4 is 5.32 Å². The minimum atomic E-state index is -0.739. The van der Waals surface area contributed by atoms with E-state index in [0.717, 1.165) is 54.6 Å². The maximum atomic E-state index is 10.8. The monoisotopic (exact) mass is 350 g/mol. The lowest BCUT2D eigenvalue weighted by atomic mass is 10.1. The van der Waals surface area contributed by atoms with Crippen LogP contribution in [0.5, 0.6) is 0 Å². The van der Waals surface area contributed by atoms with Gasteiger partial charge in [-0.2, -0.15) is 0 Å². The summed E-state index contributed by atoms with van der Waals surface area (Å²) in [7, 11) is 0. The van der Waals surface area contributed by atoms with Crippen molar-refractivity contribution in [2.45, 2.75) is 6.42 Å². The fourth-order valence-corrected chi connectivity index (χ4v) is 3.46. The Hall–Kier alpha value is -2.86. The fourth-order valence-electron chi connectivity index (χ4n) is 3.46. The second kappa shape index (κ2) is 7.17. The number of amidine groups is 1. The van der Waals surface area contributed by atoms with Crippen LogP contribution >= 0.6 is 0 Å². The smallest absolute Gasteiger partial charge is 0.304 e. The van der Waals surface area contributed by atoms with Gasteiger partial charge in [0.05, 0.1) is 17.8 Å². The standard InChI is InChI=1S/C20H22N4O2/c25-19(26)9-10-23-11-13-24(14-12-23)20-15-5-1-2-6-16(15)21-17-7-3-4-8-18(17)22-20/h1-8,21H,9-14H2,(H,25,26). The Kier molecular flexibility index (Phi) is 4.58. The zero-order chi connectivity index (χ0) is 17.9. The van der Waals surface area contributed by atoms with Gasteiger partial charge in [0.1, 0.15) is 5.84 Å². The maximum absolute atomic E-state index is 10.8. The molecule has 0 atom stereocenters. The summed E-state index contributed by atoms with van der Waals surface area (Å²) in [6.07, 6.45) is 0.196. The summed E-state index contributed by atoms with van der Waals surface area (Å²) in [5.41, 5.74) is 4.11. The number of benzene rings is 2. The van der Waals surface area contributed by atoms with Gasteiger partial charge in [0.25, 0.3) is 0 Å². The Morgan fingerprint density at radius 1 is 1.00 bits per heavy atom. The van der Waals surface area contributed by atoms with Gasteiger partial charge in [-0.1, -0.05) is 24.3 Å². The number of carboxylic acids is 1. The molecule has 2 N–H and O–H groups in total. The van der Waals surface area contributed by atoms with Crippen LogP contribution in [0, 0.1) is 0 Å². The molecule has 0 spiro atoms. The lowest BCUT2D eigenvalue weighted by molar-refractivity contribution is -0.137. The number of fused-ring (bicyclic) bond motifs is 2. The number of carbonyl (C=O) groups is 1. The van der Waals surface area contributed by atoms with Gasteiger partial charge >= 0.3 is 5.97 Å². The third-order valence-corrected chi connectivity index (χ3v) is 4.88. The average molecular weight is 350 g/mol. The molecular formula is C20H22N4O2. The molecule has 0 unspecified atom stereocenters. The van der Waals surface area contributed by atoms with Crippen LogP contribution in [-0.2, 0) is 4.79 Å². The largest absolute Gasteiger partial charge is 0.481 e. The summed E-state index contributed by atoms with van der Waals surface area (Å²) in [6.45, 7) is 3.99. The Labute approximate surface area is 152 Å². The molecule has 0 bridgehead atoms. The number of nitrogens with one attached hydrogen (secondary N) is 1. The molecule has 6 heteroatoms. The highest BCUT2D eigenvalue weighted by molar-refractivity contribution is 6.07. The van der Waals surface area contributed by atoms with Gasteiger partial charge in [-0.05, 0) is 24.3 Å². The van der Waals surface area contributed by atoms with Gasteiger partial charge in [-0.3, -0.25) is 9.69 Å². The lowest BCUT2D eigenvalue weighted by Gasteiger charge is -2.36. The van der Waals surface area contributed by atoms with Crippen LogP contribution in [0.15, 0.2) is 53.5 Å². The summed E-state index contributed by atoms with van der Waals surface area (Å²) < 4.78 is 0. The van der Waals surface area contributed by atoms with E-state index in [1.165, 1.54) is 0 Å². The molecule has 4 rings (SSSR count). The molecule has 2 aromatic rings. The molecule has 2 aromatic carbocycles. The fraction of sp³-hybridized carbons (Fsp3) is 0.300. The molecule has 1 fully saturated rings. The van der Waals surface area contributed by atoms with Crippen LogP contribution in [-0.4, -0.2) is 59.4 Å². The van der Waals surface area contributed by atoms with Crippen molar-refractivity contribution in [2.24, 2.45) is 4.99 Å². The molecule has 0 aliphatic carbocycles. The van der Waals surface area contributed by atoms with Crippen molar-refractivity contribution >= 4 is 28.9 Å². The van der Waals surface area contributed by atoms with E-state index >= 15 is 0 Å². The Morgan fingerprint density at radius 3 is 2.46 bits per heavy atom. The maximum Gasteiger partial charge on any atom is 0.304 e. The zero-order valence-electron chi connectivity index (χ0n) is 14.6. The van der Waals surface area contributed by atoms with E-state index in [9.17, 15) is 4.79 Å². The molecule has 0 aromatic heterocycles. The quantitative estimate of drug-likeness (QED) is 0.891. The third-order valence-electron chi connectivity index (χ3n) is 4.88. The second-order valence-electron chi connectivity index (χ2n) is 6.60. The highest BCUT2D eigenvalue weighted by Crippen LogP contribution is 2.34. The molecule has 2 aliphatic rings. The molecule has 6 nitrogen and oxygen atoms in total. The summed E-state index contributed by atoms with van der Waals surface area (Å²) in [6, 6.07) is 16.3. The van der Waals surface area contributed by atoms with Crippen molar-refractivity contribution in [1.29, 1.82) is 0 Å². The predicted molar refractivity (Wildman–Crippen MR) is 103 cm³/mol. The van der Waals surface area contributed by atoms with Crippen molar-refractivity contribution in [3.8, 4) is 0 Å². The third kappa shape index (κ3) is 3.41. The molecule has 2 heterocycles. The number of carboxylic acid groups (broad SMARTS) is 1. The summed E-state index contributed by atoms with van der Waals surface area (Å²) in [4.78, 5) is 20.3. The molecule has 26 heavy (non-hydrogen) atoms. The average Bonchev–Trinajstić information content (AvgIpc) is 2.83. The molecule has 0 saturated carbocycles. The first-order valence-corrected chi connectivity index (χ1v) is 8.94. The van der Waals surface area contributed by atoms with E-state index in [-0.39, 0.29) is 6.42 Å². The number of aliphatic carboxylic acids is 1. The van der Waals surface area contributed by atoms with E-state index in [2.05, 4.69) is 27.2 Å². The van der Waals surface area contributed by atoms with Crippen LogP contribution in [0.4, 0.5) is 17.1 Å². The number of piperazine rings is 1. The minimum Gasteiger partial charge on any atom is -0.481 e. The van der Waals surface area contributed by atoms with Crippen LogP contribution in [0.1, 0.15) is 12.0 Å². The number of hydrogen-bond acceptors (Lipinski definition) is 5. The van der Waals surface area contributed by atoms with Crippen molar-refractivity contribution in [2.75, 3.05) is 38.0 Å². The number of aliphatic imine (C=N–C) groups is 1. The van der Waals surface area contributed by atoms with Crippen molar-refractivity contribution < 1.29 is 9.90 Å². The number of anilines is 2. The lowest BCUT2D eigenvalue weighted by Crippen LogP contribution is -2.49. The molecule has 0 radical (unpaired) electrons. The number of nitrogens with zero attached hydrogens (tertiary/aromatic N) is 3. The Balaban J connectivity index is 1.59. The van der Waals surface area contributed by atoms with Gasteiger partial charge in [0, 0.05) is 44.0 Å². The van der Waals surface area contributed by atoms with E-state index in [0.29, 0.717) is 6.54 Å². The Morgan fingerprint density at radius 2 is 1.69 bits per heavy atom. The highest BCUT2D eigenvalue weighted by Gasteiger charge is 2.24. The van der Waals surface area contributed by atoms with E-state index in [1.54, 1.807) is 0 Å². The summed E-state index contributed by atoms with van der Waals surface area (Å²) >= 11 is 0. The first kappa shape index (κ1) is 16.6. The number of hydrogen-bond donors (Lipinski definition) is 2. The second-order valence-corrected chi connectivity index (χ2v) is 6.60. The van der Waals surface area contributed by atoms with Gasteiger partial charge in [-0.25, -0.2) is 4.99 Å². The van der Waals surface area contributed by atoms with Crippen molar-refractivity contribution in [3.63, 3.8) is 0 Å². The van der Waals surface area contributed by atoms with Crippen molar-refractivity contribution in [3.05, 3.63) is 54.1 Å². The number of para-hydroxylation sites is 3. The Bertz CT molecular complexity index is 841. The minimum absolute atomic E-state index is 0.196. The van der Waals surface area contributed by atoms with Gasteiger partial charge in [0.15, 0.2) is 0 Å². The van der Waals surface area contributed by atoms with Crippen LogP contribution in [0.2, 0.25) is 0 Å². The molecule has 1 saturated heterocycles. The normalized spacial score (nSPS) is 16.8. The molecule has 2 aliphatic heterocycles. The van der Waals surface area contributed by atoms with Crippen LogP contribution in [0.25, 0.3) is 0 Å². The van der Waals surface area contributed by atoms with E-state index < -0.39 is 5.97 Å². The van der Waals surface area contributed by atoms with Gasteiger partial charge in [0.2, 0.25) is 0 Å². The topological polar surface area (TPSA) is 68.2 Å². The SMILES string of the molecule is O=C(O)CCN1CCN(C2=Nc3ccccc3Nc3ccccc32)CC1. The van der Waals surface area contributed by atoms with E-state index in [1.807, 2.05) is 36.4 Å².